The molecule has 5 aromatic rings. The van der Waals surface area contributed by atoms with E-state index in [1.807, 2.05) is 30.3 Å². The summed E-state index contributed by atoms with van der Waals surface area (Å²) in [6.45, 7) is 0. The Morgan fingerprint density at radius 2 is 1.82 bits per heavy atom. The average Bonchev–Trinajstić information content (AvgIpc) is 3.33. The van der Waals surface area contributed by atoms with E-state index in [-0.39, 0.29) is 17.5 Å². The molecule has 0 aliphatic rings. The number of pyridine rings is 1. The van der Waals surface area contributed by atoms with Crippen LogP contribution in [0.25, 0.3) is 22.2 Å². The molecule has 3 N–H and O–H groups in total. The van der Waals surface area contributed by atoms with E-state index < -0.39 is 5.91 Å². The number of carbonyl (C=O) groups is 1. The van der Waals surface area contributed by atoms with Gasteiger partial charge in [-0.2, -0.15) is 10.1 Å². The van der Waals surface area contributed by atoms with E-state index in [1.165, 1.54) is 12.1 Å². The number of carbonyl (C=O) groups excluding carboxylic acids is 1. The van der Waals surface area contributed by atoms with Crippen molar-refractivity contribution in [1.82, 2.24) is 25.1 Å². The highest BCUT2D eigenvalue weighted by molar-refractivity contribution is 9.10. The van der Waals surface area contributed by atoms with Crippen molar-refractivity contribution >= 4 is 50.3 Å². The van der Waals surface area contributed by atoms with Crippen molar-refractivity contribution in [1.29, 1.82) is 0 Å². The molecular formula is C23H15BrFN7O. The number of amides is 1. The summed E-state index contributed by atoms with van der Waals surface area (Å²) in [6.07, 6.45) is 3.16. The summed E-state index contributed by atoms with van der Waals surface area (Å²) in [5.41, 5.74) is 2.57. The Kier molecular flexibility index (Phi) is 5.49. The number of benzene rings is 2. The minimum absolute atomic E-state index is 0.190. The zero-order chi connectivity index (χ0) is 22.8. The summed E-state index contributed by atoms with van der Waals surface area (Å²) >= 11 is 3.55. The van der Waals surface area contributed by atoms with Gasteiger partial charge in [-0.3, -0.25) is 9.89 Å². The van der Waals surface area contributed by atoms with Crippen molar-refractivity contribution in [3.8, 4) is 11.1 Å². The van der Waals surface area contributed by atoms with E-state index in [4.69, 9.17) is 0 Å². The van der Waals surface area contributed by atoms with Gasteiger partial charge in [0.2, 0.25) is 5.95 Å². The standard InChI is InChI=1S/C23H15BrFN7O/c24-18-4-2-1-3-16(18)17-11-13-12-26-23(28-15-7-5-14(25)6-8-15)31-21(13)30-20(17)22(33)29-19-9-10-27-32-19/h1-12H,(H,26,28,30,31)(H2,27,29,32,33). The third kappa shape index (κ3) is 4.41. The van der Waals surface area contributed by atoms with Crippen LogP contribution in [0.4, 0.5) is 21.8 Å². The van der Waals surface area contributed by atoms with Crippen LogP contribution in [-0.2, 0) is 0 Å². The molecule has 0 bridgehead atoms. The highest BCUT2D eigenvalue weighted by Crippen LogP contribution is 2.32. The average molecular weight is 504 g/mol. The summed E-state index contributed by atoms with van der Waals surface area (Å²) in [7, 11) is 0. The van der Waals surface area contributed by atoms with Crippen LogP contribution in [0, 0.1) is 5.82 Å². The molecule has 3 heterocycles. The van der Waals surface area contributed by atoms with Crippen molar-refractivity contribution in [2.24, 2.45) is 0 Å². The van der Waals surface area contributed by atoms with Gasteiger partial charge < -0.3 is 10.6 Å². The van der Waals surface area contributed by atoms with Crippen LogP contribution in [0.15, 0.2) is 77.5 Å². The highest BCUT2D eigenvalue weighted by atomic mass is 79.9. The predicted octanol–water partition coefficient (Wildman–Crippen LogP) is 5.31. The Morgan fingerprint density at radius 3 is 2.58 bits per heavy atom. The highest BCUT2D eigenvalue weighted by Gasteiger charge is 2.19. The molecule has 5 rings (SSSR count). The van der Waals surface area contributed by atoms with Gasteiger partial charge in [0.15, 0.2) is 5.65 Å². The summed E-state index contributed by atoms with van der Waals surface area (Å²) in [5.74, 6) is -0.0377. The first-order chi connectivity index (χ1) is 16.1. The molecule has 0 radical (unpaired) electrons. The van der Waals surface area contributed by atoms with Crippen LogP contribution in [-0.4, -0.2) is 31.1 Å². The van der Waals surface area contributed by atoms with Gasteiger partial charge in [0, 0.05) is 33.4 Å². The Hall–Kier alpha value is -4.18. The molecule has 0 unspecified atom stereocenters. The lowest BCUT2D eigenvalue weighted by molar-refractivity contribution is 0.102. The number of aromatic nitrogens is 5. The second-order valence-electron chi connectivity index (χ2n) is 7.03. The Morgan fingerprint density at radius 1 is 1.00 bits per heavy atom. The van der Waals surface area contributed by atoms with Gasteiger partial charge in [-0.1, -0.05) is 34.1 Å². The number of H-pyrrole nitrogens is 1. The minimum atomic E-state index is -0.418. The molecule has 10 heteroatoms. The third-order valence-corrected chi connectivity index (χ3v) is 5.49. The van der Waals surface area contributed by atoms with Crippen LogP contribution in [0.3, 0.4) is 0 Å². The molecule has 1 amide bonds. The van der Waals surface area contributed by atoms with E-state index >= 15 is 0 Å². The van der Waals surface area contributed by atoms with Gasteiger partial charge >= 0.3 is 0 Å². The Balaban J connectivity index is 1.59. The molecule has 0 saturated carbocycles. The Labute approximate surface area is 195 Å². The number of anilines is 3. The van der Waals surface area contributed by atoms with Gasteiger partial charge in [-0.15, -0.1) is 0 Å². The van der Waals surface area contributed by atoms with E-state index in [1.54, 1.807) is 30.6 Å². The van der Waals surface area contributed by atoms with Gasteiger partial charge in [0.25, 0.3) is 5.91 Å². The van der Waals surface area contributed by atoms with Gasteiger partial charge in [-0.25, -0.2) is 14.4 Å². The van der Waals surface area contributed by atoms with Crippen LogP contribution < -0.4 is 10.6 Å². The number of halogens is 2. The molecule has 0 aliphatic carbocycles. The molecule has 162 valence electrons. The lowest BCUT2D eigenvalue weighted by atomic mass is 10.0. The van der Waals surface area contributed by atoms with E-state index in [0.29, 0.717) is 28.1 Å². The maximum atomic E-state index is 13.2. The first-order valence-electron chi connectivity index (χ1n) is 9.83. The fourth-order valence-electron chi connectivity index (χ4n) is 3.25. The second-order valence-corrected chi connectivity index (χ2v) is 7.88. The van der Waals surface area contributed by atoms with E-state index in [9.17, 15) is 9.18 Å². The van der Waals surface area contributed by atoms with Crippen molar-refractivity contribution in [3.63, 3.8) is 0 Å². The smallest absolute Gasteiger partial charge is 0.276 e. The van der Waals surface area contributed by atoms with Crippen molar-refractivity contribution in [2.45, 2.75) is 0 Å². The number of nitrogens with one attached hydrogen (secondary N) is 3. The molecule has 0 spiro atoms. The van der Waals surface area contributed by atoms with Crippen molar-refractivity contribution < 1.29 is 9.18 Å². The maximum absolute atomic E-state index is 13.2. The summed E-state index contributed by atoms with van der Waals surface area (Å²) in [4.78, 5) is 26.5. The molecule has 33 heavy (non-hydrogen) atoms. The van der Waals surface area contributed by atoms with Crippen LogP contribution >= 0.6 is 15.9 Å². The third-order valence-electron chi connectivity index (χ3n) is 4.80. The van der Waals surface area contributed by atoms with Gasteiger partial charge in [0.05, 0.1) is 6.20 Å². The minimum Gasteiger partial charge on any atom is -0.324 e. The number of hydrogen-bond acceptors (Lipinski definition) is 6. The fourth-order valence-corrected chi connectivity index (χ4v) is 3.75. The number of rotatable bonds is 5. The number of nitrogens with zero attached hydrogens (tertiary/aromatic N) is 4. The molecule has 0 saturated heterocycles. The molecule has 0 atom stereocenters. The summed E-state index contributed by atoms with van der Waals surface area (Å²) in [5, 5.41) is 13.0. The molecule has 2 aromatic carbocycles. The normalized spacial score (nSPS) is 10.8. The SMILES string of the molecule is O=C(Nc1ccn[nH]1)c1nc2nc(Nc3ccc(F)cc3)ncc2cc1-c1ccccc1Br. The van der Waals surface area contributed by atoms with E-state index in [2.05, 4.69) is 51.7 Å². The first-order valence-corrected chi connectivity index (χ1v) is 10.6. The zero-order valence-corrected chi connectivity index (χ0v) is 18.5. The first kappa shape index (κ1) is 20.7. The molecule has 0 aliphatic heterocycles. The zero-order valence-electron chi connectivity index (χ0n) is 16.9. The van der Waals surface area contributed by atoms with Crippen LogP contribution in [0.2, 0.25) is 0 Å². The summed E-state index contributed by atoms with van der Waals surface area (Å²) < 4.78 is 14.0. The second kappa shape index (κ2) is 8.75. The maximum Gasteiger partial charge on any atom is 0.276 e. The monoisotopic (exact) mass is 503 g/mol. The van der Waals surface area contributed by atoms with Crippen LogP contribution in [0.5, 0.6) is 0 Å². The van der Waals surface area contributed by atoms with Crippen molar-refractivity contribution in [2.75, 3.05) is 10.6 Å². The van der Waals surface area contributed by atoms with E-state index in [0.717, 1.165) is 10.0 Å². The quantitative estimate of drug-likeness (QED) is 0.299. The van der Waals surface area contributed by atoms with Gasteiger partial charge in [0.1, 0.15) is 17.3 Å². The fraction of sp³-hybridized carbons (Fsp3) is 0. The Bertz CT molecular complexity index is 1460. The van der Waals surface area contributed by atoms with Crippen LogP contribution in [0.1, 0.15) is 10.5 Å². The van der Waals surface area contributed by atoms with Gasteiger partial charge in [-0.05, 0) is 42.0 Å². The molecule has 0 fully saturated rings. The summed E-state index contributed by atoms with van der Waals surface area (Å²) in [6, 6.07) is 16.9. The lowest BCUT2D eigenvalue weighted by Crippen LogP contribution is -2.16. The predicted molar refractivity (Wildman–Crippen MR) is 127 cm³/mol. The topological polar surface area (TPSA) is 108 Å². The molecule has 3 aromatic heterocycles. The molecule has 8 nitrogen and oxygen atoms in total. The van der Waals surface area contributed by atoms with Crippen molar-refractivity contribution in [3.05, 3.63) is 89.0 Å². The number of hydrogen-bond donors (Lipinski definition) is 3. The molecular weight excluding hydrogens is 489 g/mol. The largest absolute Gasteiger partial charge is 0.324 e. The number of aromatic amines is 1. The lowest BCUT2D eigenvalue weighted by Gasteiger charge is -2.12. The number of fused-ring (bicyclic) bond motifs is 1.